The third-order valence-corrected chi connectivity index (χ3v) is 3.34. The maximum atomic E-state index is 5.80. The van der Waals surface area contributed by atoms with Crippen molar-refractivity contribution in [1.82, 2.24) is 9.88 Å². The van der Waals surface area contributed by atoms with Crippen LogP contribution in [0.15, 0.2) is 16.7 Å². The zero-order valence-corrected chi connectivity index (χ0v) is 11.4. The van der Waals surface area contributed by atoms with Gasteiger partial charge in [0.25, 0.3) is 0 Å². The molecule has 0 radical (unpaired) electrons. The first-order valence-electron chi connectivity index (χ1n) is 6.02. The van der Waals surface area contributed by atoms with Gasteiger partial charge in [-0.1, -0.05) is 0 Å². The largest absolute Gasteiger partial charge is 0.476 e. The zero-order valence-electron chi connectivity index (χ0n) is 9.86. The lowest BCUT2D eigenvalue weighted by Crippen LogP contribution is -2.22. The number of pyridine rings is 1. The van der Waals surface area contributed by atoms with E-state index >= 15 is 0 Å². The number of ether oxygens (including phenoxy) is 1. The molecule has 0 unspecified atom stereocenters. The summed E-state index contributed by atoms with van der Waals surface area (Å²) in [6, 6.07) is 1.81. The van der Waals surface area contributed by atoms with Gasteiger partial charge < -0.3 is 15.4 Å². The summed E-state index contributed by atoms with van der Waals surface area (Å²) in [6.07, 6.45) is 5.40. The van der Waals surface area contributed by atoms with Crippen molar-refractivity contribution in [2.45, 2.75) is 19.3 Å². The maximum Gasteiger partial charge on any atom is 0.237 e. The number of rotatable bonds is 5. The van der Waals surface area contributed by atoms with E-state index in [0.29, 0.717) is 18.2 Å². The molecule has 0 amide bonds. The highest BCUT2D eigenvalue weighted by atomic mass is 79.9. The van der Waals surface area contributed by atoms with E-state index in [0.717, 1.165) is 17.4 Å². The second-order valence-electron chi connectivity index (χ2n) is 4.30. The average Bonchev–Trinajstić information content (AvgIpc) is 2.79. The lowest BCUT2D eigenvalue weighted by molar-refractivity contribution is 0.258. The number of nitrogen functional groups attached to an aromatic ring is 1. The highest BCUT2D eigenvalue weighted by molar-refractivity contribution is 9.10. The van der Waals surface area contributed by atoms with E-state index < -0.39 is 0 Å². The summed E-state index contributed by atoms with van der Waals surface area (Å²) in [5.41, 5.74) is 6.38. The Hall–Kier alpha value is -0.810. The van der Waals surface area contributed by atoms with Gasteiger partial charge in [0.15, 0.2) is 0 Å². The summed E-state index contributed by atoms with van der Waals surface area (Å²) in [7, 11) is 0. The van der Waals surface area contributed by atoms with Gasteiger partial charge in [0.05, 0.1) is 12.3 Å². The number of nitrogens with zero attached hydrogens (tertiary/aromatic N) is 2. The van der Waals surface area contributed by atoms with Gasteiger partial charge in [0.2, 0.25) is 5.88 Å². The molecule has 2 rings (SSSR count). The molecule has 4 nitrogen and oxygen atoms in total. The summed E-state index contributed by atoms with van der Waals surface area (Å²) in [5, 5.41) is 0. The smallest absolute Gasteiger partial charge is 0.237 e. The SMILES string of the molecule is Nc1cc(Br)cnc1OCCCN1CCCC1. The van der Waals surface area contributed by atoms with E-state index in [1.54, 1.807) is 6.20 Å². The Bertz CT molecular complexity index is 367. The Morgan fingerprint density at radius 3 is 2.88 bits per heavy atom. The monoisotopic (exact) mass is 299 g/mol. The Morgan fingerprint density at radius 1 is 1.41 bits per heavy atom. The summed E-state index contributed by atoms with van der Waals surface area (Å²) in [5.74, 6) is 0.537. The van der Waals surface area contributed by atoms with Crippen LogP contribution in [0.2, 0.25) is 0 Å². The van der Waals surface area contributed by atoms with Crippen molar-refractivity contribution in [2.75, 3.05) is 32.0 Å². The van der Waals surface area contributed by atoms with E-state index in [1.807, 2.05) is 6.07 Å². The number of hydrogen-bond donors (Lipinski definition) is 1. The summed E-state index contributed by atoms with van der Waals surface area (Å²) < 4.78 is 6.44. The van der Waals surface area contributed by atoms with Crippen LogP contribution in [0.3, 0.4) is 0 Å². The zero-order chi connectivity index (χ0) is 12.1. The summed E-state index contributed by atoms with van der Waals surface area (Å²) in [6.45, 7) is 4.25. The molecule has 94 valence electrons. The van der Waals surface area contributed by atoms with E-state index in [1.165, 1.54) is 25.9 Å². The molecule has 0 spiro atoms. The van der Waals surface area contributed by atoms with Crippen LogP contribution in [-0.2, 0) is 0 Å². The van der Waals surface area contributed by atoms with Crippen LogP contribution in [0.4, 0.5) is 5.69 Å². The molecule has 1 saturated heterocycles. The quantitative estimate of drug-likeness (QED) is 0.848. The van der Waals surface area contributed by atoms with Crippen molar-refractivity contribution in [3.05, 3.63) is 16.7 Å². The van der Waals surface area contributed by atoms with E-state index in [2.05, 4.69) is 25.8 Å². The number of hydrogen-bond acceptors (Lipinski definition) is 4. The third kappa shape index (κ3) is 3.85. The second-order valence-corrected chi connectivity index (χ2v) is 5.21. The minimum Gasteiger partial charge on any atom is -0.476 e. The summed E-state index contributed by atoms with van der Waals surface area (Å²) >= 11 is 3.32. The number of aromatic nitrogens is 1. The molecule has 0 saturated carbocycles. The molecule has 5 heteroatoms. The molecule has 0 atom stereocenters. The van der Waals surface area contributed by atoms with Gasteiger partial charge in [-0.05, 0) is 54.3 Å². The molecule has 2 N–H and O–H groups in total. The summed E-state index contributed by atoms with van der Waals surface area (Å²) in [4.78, 5) is 6.61. The van der Waals surface area contributed by atoms with Crippen LogP contribution in [0.25, 0.3) is 0 Å². The first-order chi connectivity index (χ1) is 8.25. The van der Waals surface area contributed by atoms with E-state index in [4.69, 9.17) is 10.5 Å². The van der Waals surface area contributed by atoms with Crippen molar-refractivity contribution in [3.63, 3.8) is 0 Å². The van der Waals surface area contributed by atoms with Crippen LogP contribution >= 0.6 is 15.9 Å². The second kappa shape index (κ2) is 6.21. The maximum absolute atomic E-state index is 5.80. The molecule has 0 aliphatic carbocycles. The predicted molar refractivity (Wildman–Crippen MR) is 72.1 cm³/mol. The molecular weight excluding hydrogens is 282 g/mol. The lowest BCUT2D eigenvalue weighted by Gasteiger charge is -2.14. The minimum atomic E-state index is 0.537. The topological polar surface area (TPSA) is 51.4 Å². The number of likely N-dealkylation sites (tertiary alicyclic amines) is 1. The minimum absolute atomic E-state index is 0.537. The van der Waals surface area contributed by atoms with Gasteiger partial charge in [-0.15, -0.1) is 0 Å². The molecule has 0 aromatic carbocycles. The first kappa shape index (κ1) is 12.6. The fraction of sp³-hybridized carbons (Fsp3) is 0.583. The van der Waals surface area contributed by atoms with Crippen LogP contribution in [0.5, 0.6) is 5.88 Å². The van der Waals surface area contributed by atoms with Crippen molar-refractivity contribution in [1.29, 1.82) is 0 Å². The highest BCUT2D eigenvalue weighted by Gasteiger charge is 2.10. The highest BCUT2D eigenvalue weighted by Crippen LogP contribution is 2.21. The molecule has 17 heavy (non-hydrogen) atoms. The number of nitrogens with two attached hydrogens (primary N) is 1. The van der Waals surface area contributed by atoms with Gasteiger partial charge >= 0.3 is 0 Å². The first-order valence-corrected chi connectivity index (χ1v) is 6.81. The number of anilines is 1. The van der Waals surface area contributed by atoms with Crippen LogP contribution in [-0.4, -0.2) is 36.1 Å². The van der Waals surface area contributed by atoms with E-state index in [-0.39, 0.29) is 0 Å². The number of halogens is 1. The molecule has 1 aliphatic heterocycles. The van der Waals surface area contributed by atoms with Gasteiger partial charge in [-0.3, -0.25) is 0 Å². The molecule has 1 aromatic heterocycles. The standard InChI is InChI=1S/C12H18BrN3O/c13-10-8-11(14)12(15-9-10)17-7-3-6-16-4-1-2-5-16/h8-9H,1-7,14H2. The van der Waals surface area contributed by atoms with Crippen molar-refractivity contribution in [3.8, 4) is 5.88 Å². The van der Waals surface area contributed by atoms with Crippen molar-refractivity contribution < 1.29 is 4.74 Å². The van der Waals surface area contributed by atoms with Crippen LogP contribution < -0.4 is 10.5 Å². The van der Waals surface area contributed by atoms with Crippen LogP contribution in [0, 0.1) is 0 Å². The molecule has 1 fully saturated rings. The molecular formula is C12H18BrN3O. The van der Waals surface area contributed by atoms with Gasteiger partial charge in [-0.25, -0.2) is 4.98 Å². The van der Waals surface area contributed by atoms with E-state index in [9.17, 15) is 0 Å². The fourth-order valence-electron chi connectivity index (χ4n) is 2.03. The normalized spacial score (nSPS) is 16.3. The Balaban J connectivity index is 1.70. The average molecular weight is 300 g/mol. The molecule has 1 aromatic rings. The van der Waals surface area contributed by atoms with Gasteiger partial charge in [0, 0.05) is 17.2 Å². The lowest BCUT2D eigenvalue weighted by atomic mass is 10.4. The third-order valence-electron chi connectivity index (χ3n) is 2.90. The Kier molecular flexibility index (Phi) is 4.62. The van der Waals surface area contributed by atoms with Crippen LogP contribution in [0.1, 0.15) is 19.3 Å². The van der Waals surface area contributed by atoms with Crippen molar-refractivity contribution >= 4 is 21.6 Å². The Labute approximate surface area is 110 Å². The van der Waals surface area contributed by atoms with Crippen molar-refractivity contribution in [2.24, 2.45) is 0 Å². The molecule has 2 heterocycles. The fourth-order valence-corrected chi connectivity index (χ4v) is 2.38. The molecule has 1 aliphatic rings. The van der Waals surface area contributed by atoms with Gasteiger partial charge in [0.1, 0.15) is 0 Å². The predicted octanol–water partition coefficient (Wildman–Crippen LogP) is 2.29. The van der Waals surface area contributed by atoms with Gasteiger partial charge in [-0.2, -0.15) is 0 Å². The molecule has 0 bridgehead atoms. The Morgan fingerprint density at radius 2 is 2.18 bits per heavy atom.